The van der Waals surface area contributed by atoms with Gasteiger partial charge in [0.1, 0.15) is 17.2 Å². The first-order valence-electron chi connectivity index (χ1n) is 7.96. The van der Waals surface area contributed by atoms with Crippen molar-refractivity contribution in [2.75, 3.05) is 0 Å². The van der Waals surface area contributed by atoms with Gasteiger partial charge in [-0.1, -0.05) is 20.8 Å². The van der Waals surface area contributed by atoms with E-state index in [2.05, 4.69) is 31.9 Å². The second-order valence-corrected chi connectivity index (χ2v) is 7.58. The molecule has 0 heterocycles. The fraction of sp³-hybridized carbons (Fsp3) is 0.263. The normalized spacial score (nSPS) is 10.7. The number of carbonyl (C=O) groups excluding carboxylic acids is 2. The van der Waals surface area contributed by atoms with Crippen molar-refractivity contribution in [1.29, 1.82) is 0 Å². The summed E-state index contributed by atoms with van der Waals surface area (Å²) in [6.07, 6.45) is 0.860. The molecule has 2 rings (SSSR count). The lowest BCUT2D eigenvalue weighted by atomic mass is 9.99. The summed E-state index contributed by atoms with van der Waals surface area (Å²) < 4.78 is 12.2. The molecule has 2 aromatic carbocycles. The molecule has 0 saturated heterocycles. The molecule has 26 heavy (non-hydrogen) atoms. The molecule has 0 amide bonds. The van der Waals surface area contributed by atoms with Gasteiger partial charge in [-0.25, -0.2) is 0 Å². The summed E-state index contributed by atoms with van der Waals surface area (Å²) in [7, 11) is 0. The zero-order valence-corrected chi connectivity index (χ0v) is 17.7. The molecule has 0 aliphatic carbocycles. The van der Waals surface area contributed by atoms with Crippen molar-refractivity contribution in [2.45, 2.75) is 33.1 Å². The predicted molar refractivity (Wildman–Crippen MR) is 105 cm³/mol. The Morgan fingerprint density at radius 1 is 1.15 bits per heavy atom. The lowest BCUT2D eigenvalue weighted by Gasteiger charge is -2.16. The maximum absolute atomic E-state index is 11.4. The van der Waals surface area contributed by atoms with Gasteiger partial charge in [0.15, 0.2) is 12.0 Å². The van der Waals surface area contributed by atoms with Gasteiger partial charge in [0.25, 0.3) is 0 Å². The first kappa shape index (κ1) is 20.5. The molecule has 0 spiro atoms. The minimum absolute atomic E-state index is 0.0139. The van der Waals surface area contributed by atoms with Crippen LogP contribution in [-0.4, -0.2) is 17.4 Å². The topological polar surface area (TPSA) is 72.8 Å². The highest BCUT2D eigenvalue weighted by Crippen LogP contribution is 2.42. The van der Waals surface area contributed by atoms with E-state index in [1.54, 1.807) is 25.1 Å². The minimum atomic E-state index is -0.340. The third kappa shape index (κ3) is 4.65. The monoisotopic (exact) mass is 484 g/mol. The molecular weight excluding hydrogens is 468 g/mol. The molecule has 0 radical (unpaired) electrons. The van der Waals surface area contributed by atoms with Gasteiger partial charge in [0, 0.05) is 12.0 Å². The molecule has 2 aromatic rings. The van der Waals surface area contributed by atoms with Crippen LogP contribution in [0.25, 0.3) is 0 Å². The smallest absolute Gasteiger partial charge is 0.310 e. The number of aromatic hydroxyl groups is 1. The summed E-state index contributed by atoms with van der Waals surface area (Å²) in [5, 5.41) is 10.1. The largest absolute Gasteiger partial charge is 0.507 e. The molecule has 0 bridgehead atoms. The summed E-state index contributed by atoms with van der Waals surface area (Å²) in [6.45, 7) is 5.54. The maximum atomic E-state index is 11.4. The highest BCUT2D eigenvalue weighted by Gasteiger charge is 2.17. The molecular formula is C19H18Br2O5. The molecule has 0 aromatic heterocycles. The van der Waals surface area contributed by atoms with E-state index in [0.717, 1.165) is 0 Å². The summed E-state index contributed by atoms with van der Waals surface area (Å²) in [6, 6.07) is 6.41. The summed E-state index contributed by atoms with van der Waals surface area (Å²) in [4.78, 5) is 22.7. The second-order valence-electron chi connectivity index (χ2n) is 5.87. The van der Waals surface area contributed by atoms with Crippen LogP contribution in [0.5, 0.6) is 23.0 Å². The number of phenolic OH excluding ortho intramolecular Hbond substituents is 1. The number of halogens is 2. The zero-order chi connectivity index (χ0) is 19.4. The van der Waals surface area contributed by atoms with Gasteiger partial charge < -0.3 is 14.6 Å². The number of rotatable bonds is 6. The van der Waals surface area contributed by atoms with Crippen LogP contribution < -0.4 is 9.47 Å². The maximum Gasteiger partial charge on any atom is 0.310 e. The van der Waals surface area contributed by atoms with Gasteiger partial charge in [-0.3, -0.25) is 9.59 Å². The Morgan fingerprint density at radius 2 is 1.77 bits per heavy atom. The SMILES string of the molecule is CCC(=O)Oc1cc(Br)c(Oc2cc(C=O)c(O)c(C(C)C)c2)c(Br)c1. The predicted octanol–water partition coefficient (Wildman–Crippen LogP) is 5.96. The van der Waals surface area contributed by atoms with Gasteiger partial charge in [-0.2, -0.15) is 0 Å². The Morgan fingerprint density at radius 3 is 2.27 bits per heavy atom. The van der Waals surface area contributed by atoms with Gasteiger partial charge in [0.05, 0.1) is 14.5 Å². The third-order valence-electron chi connectivity index (χ3n) is 3.60. The van der Waals surface area contributed by atoms with Crippen LogP contribution in [0.4, 0.5) is 0 Å². The average molecular weight is 486 g/mol. The number of aldehydes is 1. The second kappa shape index (κ2) is 8.68. The van der Waals surface area contributed by atoms with Crippen LogP contribution in [0, 0.1) is 0 Å². The standard InChI is InChI=1S/C19H18Br2O5/c1-4-17(23)25-13-7-15(20)19(16(21)8-13)26-12-5-11(9-22)18(24)14(6-12)10(2)3/h5-10,24H,4H2,1-3H3. The summed E-state index contributed by atoms with van der Waals surface area (Å²) >= 11 is 6.80. The van der Waals surface area contributed by atoms with E-state index in [1.165, 1.54) is 6.07 Å². The Labute approximate surface area is 168 Å². The van der Waals surface area contributed by atoms with E-state index in [0.29, 0.717) is 38.0 Å². The van der Waals surface area contributed by atoms with Crippen molar-refractivity contribution in [3.05, 3.63) is 44.3 Å². The van der Waals surface area contributed by atoms with Gasteiger partial charge in [-0.05, 0) is 62.0 Å². The van der Waals surface area contributed by atoms with E-state index in [9.17, 15) is 14.7 Å². The van der Waals surface area contributed by atoms with Crippen LogP contribution in [0.15, 0.2) is 33.2 Å². The average Bonchev–Trinajstić information content (AvgIpc) is 2.58. The Kier molecular flexibility index (Phi) is 6.83. The molecule has 0 aliphatic heterocycles. The third-order valence-corrected chi connectivity index (χ3v) is 4.78. The Hall–Kier alpha value is -1.86. The van der Waals surface area contributed by atoms with Crippen LogP contribution in [-0.2, 0) is 4.79 Å². The molecule has 7 heteroatoms. The fourth-order valence-electron chi connectivity index (χ4n) is 2.25. The molecule has 0 fully saturated rings. The highest BCUT2D eigenvalue weighted by atomic mass is 79.9. The van der Waals surface area contributed by atoms with E-state index in [1.807, 2.05) is 13.8 Å². The van der Waals surface area contributed by atoms with Crippen LogP contribution in [0.3, 0.4) is 0 Å². The number of benzene rings is 2. The van der Waals surface area contributed by atoms with Crippen LogP contribution in [0.1, 0.15) is 49.0 Å². The van der Waals surface area contributed by atoms with Crippen molar-refractivity contribution >= 4 is 44.1 Å². The molecule has 1 N–H and O–H groups in total. The first-order valence-corrected chi connectivity index (χ1v) is 9.55. The van der Waals surface area contributed by atoms with Crippen LogP contribution >= 0.6 is 31.9 Å². The molecule has 5 nitrogen and oxygen atoms in total. The fourth-order valence-corrected chi connectivity index (χ4v) is 3.56. The van der Waals surface area contributed by atoms with E-state index in [4.69, 9.17) is 9.47 Å². The van der Waals surface area contributed by atoms with Gasteiger partial charge in [0.2, 0.25) is 0 Å². The number of ether oxygens (including phenoxy) is 2. The summed E-state index contributed by atoms with van der Waals surface area (Å²) in [5.74, 6) is 0.882. The Bertz CT molecular complexity index is 823. The number of phenols is 1. The molecule has 0 unspecified atom stereocenters. The van der Waals surface area contributed by atoms with Crippen molar-refractivity contribution in [3.63, 3.8) is 0 Å². The summed E-state index contributed by atoms with van der Waals surface area (Å²) in [5.41, 5.74) is 0.775. The first-order chi connectivity index (χ1) is 12.3. The van der Waals surface area contributed by atoms with Crippen LogP contribution in [0.2, 0.25) is 0 Å². The minimum Gasteiger partial charge on any atom is -0.507 e. The molecule has 0 saturated carbocycles. The number of hydrogen-bond acceptors (Lipinski definition) is 5. The molecule has 0 aliphatic rings. The van der Waals surface area contributed by atoms with E-state index < -0.39 is 0 Å². The van der Waals surface area contributed by atoms with Crippen molar-refractivity contribution in [1.82, 2.24) is 0 Å². The Balaban J connectivity index is 2.41. The number of esters is 1. The number of carbonyl (C=O) groups is 2. The van der Waals surface area contributed by atoms with Crippen molar-refractivity contribution < 1.29 is 24.2 Å². The molecule has 138 valence electrons. The number of hydrogen-bond donors (Lipinski definition) is 1. The highest BCUT2D eigenvalue weighted by molar-refractivity contribution is 9.11. The van der Waals surface area contributed by atoms with Gasteiger partial charge >= 0.3 is 5.97 Å². The van der Waals surface area contributed by atoms with Gasteiger partial charge in [-0.15, -0.1) is 0 Å². The van der Waals surface area contributed by atoms with Crippen molar-refractivity contribution in [2.24, 2.45) is 0 Å². The quantitative estimate of drug-likeness (QED) is 0.310. The lowest BCUT2D eigenvalue weighted by Crippen LogP contribution is -2.05. The van der Waals surface area contributed by atoms with E-state index in [-0.39, 0.29) is 29.6 Å². The zero-order valence-electron chi connectivity index (χ0n) is 14.5. The molecule has 0 atom stereocenters. The van der Waals surface area contributed by atoms with E-state index >= 15 is 0 Å². The lowest BCUT2D eigenvalue weighted by molar-refractivity contribution is -0.134. The van der Waals surface area contributed by atoms with Crippen molar-refractivity contribution in [3.8, 4) is 23.0 Å².